The number of amides is 1. The van der Waals surface area contributed by atoms with E-state index in [4.69, 9.17) is 9.05 Å². The van der Waals surface area contributed by atoms with Crippen molar-refractivity contribution in [1.29, 1.82) is 0 Å². The summed E-state index contributed by atoms with van der Waals surface area (Å²) in [6, 6.07) is -0.765. The number of carbonyl (C=O) groups is 1. The van der Waals surface area contributed by atoms with E-state index in [1.807, 2.05) is 21.1 Å². The molecule has 3 unspecified atom stereocenters. The molecule has 0 saturated heterocycles. The summed E-state index contributed by atoms with van der Waals surface area (Å²) in [7, 11) is 1.60. The molecular weight excluding hydrogens is 756 g/mol. The summed E-state index contributed by atoms with van der Waals surface area (Å²) in [4.78, 5) is 23.2. The number of aliphatic hydroxyl groups excluding tert-OH is 1. The van der Waals surface area contributed by atoms with Crippen LogP contribution in [0.15, 0.2) is 60.8 Å². The molecule has 0 aromatic heterocycles. The van der Waals surface area contributed by atoms with Crippen LogP contribution in [0.3, 0.4) is 0 Å². The number of phosphoric ester groups is 1. The third-order valence-corrected chi connectivity index (χ3v) is 11.5. The smallest absolute Gasteiger partial charge is 0.391 e. The highest BCUT2D eigenvalue weighted by molar-refractivity contribution is 7.47. The van der Waals surface area contributed by atoms with Gasteiger partial charge in [0.25, 0.3) is 0 Å². The van der Waals surface area contributed by atoms with Gasteiger partial charge in [-0.2, -0.15) is 0 Å². The summed E-state index contributed by atoms with van der Waals surface area (Å²) in [5.41, 5.74) is 0. The number of hydrogen-bond acceptors (Lipinski definition) is 5. The number of likely N-dealkylation sites (N-methyl/N-ethyl adjacent to an activating group) is 1. The Hall–Kier alpha value is -1.80. The molecule has 3 atom stereocenters. The molecule has 0 aliphatic carbocycles. The van der Waals surface area contributed by atoms with Crippen molar-refractivity contribution in [2.24, 2.45) is 0 Å². The van der Waals surface area contributed by atoms with Crippen LogP contribution in [0.1, 0.15) is 200 Å². The summed E-state index contributed by atoms with van der Waals surface area (Å²) in [6.45, 7) is 4.75. The Morgan fingerprint density at radius 3 is 1.49 bits per heavy atom. The maximum atomic E-state index is 12.9. The Labute approximate surface area is 364 Å². The minimum atomic E-state index is -4.32. The predicted molar refractivity (Wildman–Crippen MR) is 254 cm³/mol. The minimum Gasteiger partial charge on any atom is -0.391 e. The zero-order valence-corrected chi connectivity index (χ0v) is 39.9. The van der Waals surface area contributed by atoms with E-state index in [2.05, 4.69) is 79.9 Å². The Balaban J connectivity index is 4.24. The standard InChI is InChI=1S/C50H93N2O6P/c1-6-8-10-12-14-16-18-20-21-22-23-24-25-26-27-28-29-30-31-32-34-36-38-40-42-44-50(54)51-48(47-58-59(55,56)57-46-45-52(3,4)5)49(53)43-41-39-37-35-33-19-17-15-13-11-9-7-2/h8,10,14,16,20-21,23-24,26-27,48-49,53H,6-7,9,11-13,15,17-19,22,25,28-47H2,1-5H3,(H-,51,54,55,56)/p+1/b10-8-,16-14-,21-20-,24-23-,27-26-. The highest BCUT2D eigenvalue weighted by atomic mass is 31.2. The second kappa shape index (κ2) is 41.5. The molecule has 0 spiro atoms. The first-order chi connectivity index (χ1) is 28.5. The number of quaternary nitrogens is 1. The van der Waals surface area contributed by atoms with E-state index in [-0.39, 0.29) is 19.1 Å². The Morgan fingerprint density at radius 1 is 0.593 bits per heavy atom. The van der Waals surface area contributed by atoms with E-state index in [0.29, 0.717) is 23.9 Å². The Kier molecular flexibility index (Phi) is 40.3. The van der Waals surface area contributed by atoms with Gasteiger partial charge >= 0.3 is 7.82 Å². The molecule has 0 aliphatic rings. The second-order valence-electron chi connectivity index (χ2n) is 17.5. The molecule has 344 valence electrons. The summed E-state index contributed by atoms with van der Waals surface area (Å²) < 4.78 is 23.6. The van der Waals surface area contributed by atoms with Gasteiger partial charge in [-0.25, -0.2) is 4.57 Å². The average Bonchev–Trinajstić information content (AvgIpc) is 3.19. The van der Waals surface area contributed by atoms with Gasteiger partial charge < -0.3 is 19.8 Å². The third kappa shape index (κ3) is 44.1. The molecule has 59 heavy (non-hydrogen) atoms. The number of aliphatic hydroxyl groups is 1. The lowest BCUT2D eigenvalue weighted by molar-refractivity contribution is -0.870. The lowest BCUT2D eigenvalue weighted by atomic mass is 10.0. The lowest BCUT2D eigenvalue weighted by Crippen LogP contribution is -2.46. The average molecular weight is 850 g/mol. The lowest BCUT2D eigenvalue weighted by Gasteiger charge is -2.26. The van der Waals surface area contributed by atoms with Gasteiger partial charge in [0.1, 0.15) is 13.2 Å². The zero-order valence-electron chi connectivity index (χ0n) is 39.0. The Morgan fingerprint density at radius 2 is 1.02 bits per heavy atom. The fraction of sp³-hybridized carbons (Fsp3) is 0.780. The molecule has 3 N–H and O–H groups in total. The number of phosphoric acid groups is 1. The van der Waals surface area contributed by atoms with Crippen molar-refractivity contribution >= 4 is 13.7 Å². The van der Waals surface area contributed by atoms with Crippen LogP contribution in [-0.2, 0) is 18.4 Å². The first-order valence-electron chi connectivity index (χ1n) is 24.2. The molecule has 9 heteroatoms. The van der Waals surface area contributed by atoms with Gasteiger partial charge in [0.2, 0.25) is 5.91 Å². The van der Waals surface area contributed by atoms with Crippen molar-refractivity contribution in [3.05, 3.63) is 60.8 Å². The Bertz CT molecular complexity index is 1140. The van der Waals surface area contributed by atoms with Crippen LogP contribution in [0.2, 0.25) is 0 Å². The van der Waals surface area contributed by atoms with E-state index in [9.17, 15) is 19.4 Å². The molecule has 0 aliphatic heterocycles. The largest absolute Gasteiger partial charge is 0.472 e. The van der Waals surface area contributed by atoms with Gasteiger partial charge in [-0.15, -0.1) is 0 Å². The van der Waals surface area contributed by atoms with Crippen molar-refractivity contribution in [2.75, 3.05) is 40.9 Å². The molecular formula is C50H94N2O6P+. The van der Waals surface area contributed by atoms with Gasteiger partial charge in [0.05, 0.1) is 39.9 Å². The highest BCUT2D eigenvalue weighted by Gasteiger charge is 2.28. The molecule has 0 bridgehead atoms. The number of nitrogens with zero attached hydrogens (tertiary/aromatic N) is 1. The van der Waals surface area contributed by atoms with Crippen molar-refractivity contribution in [2.45, 2.75) is 212 Å². The van der Waals surface area contributed by atoms with Gasteiger partial charge in [0, 0.05) is 6.42 Å². The van der Waals surface area contributed by atoms with Gasteiger partial charge in [-0.3, -0.25) is 13.8 Å². The van der Waals surface area contributed by atoms with E-state index in [1.54, 1.807) is 0 Å². The molecule has 8 nitrogen and oxygen atoms in total. The molecule has 0 heterocycles. The molecule has 0 aromatic rings. The third-order valence-electron chi connectivity index (χ3n) is 10.5. The van der Waals surface area contributed by atoms with E-state index in [0.717, 1.165) is 77.0 Å². The van der Waals surface area contributed by atoms with E-state index < -0.39 is 20.0 Å². The molecule has 0 fully saturated rings. The van der Waals surface area contributed by atoms with Crippen LogP contribution in [0, 0.1) is 0 Å². The molecule has 0 saturated carbocycles. The SMILES string of the molecule is CC/C=C\C/C=C\C/C=C\C/C=C\C/C=C\CCCCCCCCCCCC(=O)NC(COP(=O)(O)OCC[N+](C)(C)C)C(O)CCCCCCCCCCCCCC. The van der Waals surface area contributed by atoms with Crippen molar-refractivity contribution in [1.82, 2.24) is 5.32 Å². The van der Waals surface area contributed by atoms with Crippen LogP contribution in [0.25, 0.3) is 0 Å². The number of hydrogen-bond donors (Lipinski definition) is 3. The fourth-order valence-electron chi connectivity index (χ4n) is 6.72. The van der Waals surface area contributed by atoms with Crippen molar-refractivity contribution in [3.8, 4) is 0 Å². The summed E-state index contributed by atoms with van der Waals surface area (Å²) in [5.74, 6) is -0.154. The minimum absolute atomic E-state index is 0.0710. The van der Waals surface area contributed by atoms with Crippen LogP contribution in [0.5, 0.6) is 0 Å². The van der Waals surface area contributed by atoms with Crippen LogP contribution in [-0.4, -0.2) is 73.4 Å². The summed E-state index contributed by atoms with van der Waals surface area (Å²) in [5, 5.41) is 14.0. The van der Waals surface area contributed by atoms with E-state index in [1.165, 1.54) is 96.3 Å². The predicted octanol–water partition coefficient (Wildman–Crippen LogP) is 13.8. The first kappa shape index (κ1) is 57.2. The molecule has 0 radical (unpaired) electrons. The fourth-order valence-corrected chi connectivity index (χ4v) is 7.46. The van der Waals surface area contributed by atoms with Gasteiger partial charge in [0.15, 0.2) is 0 Å². The summed E-state index contributed by atoms with van der Waals surface area (Å²) in [6.07, 6.45) is 53.9. The number of carbonyl (C=O) groups excluding carboxylic acids is 1. The number of allylic oxidation sites excluding steroid dienone is 10. The van der Waals surface area contributed by atoms with Crippen LogP contribution < -0.4 is 5.32 Å². The van der Waals surface area contributed by atoms with Crippen LogP contribution in [0.4, 0.5) is 0 Å². The number of unbranched alkanes of at least 4 members (excludes halogenated alkanes) is 20. The summed E-state index contributed by atoms with van der Waals surface area (Å²) >= 11 is 0. The maximum Gasteiger partial charge on any atom is 0.472 e. The zero-order chi connectivity index (χ0) is 43.6. The van der Waals surface area contributed by atoms with Gasteiger partial charge in [-0.05, 0) is 57.8 Å². The number of nitrogens with one attached hydrogen (secondary N) is 1. The molecule has 1 amide bonds. The maximum absolute atomic E-state index is 12.9. The first-order valence-corrected chi connectivity index (χ1v) is 25.6. The molecule has 0 aromatic carbocycles. The van der Waals surface area contributed by atoms with E-state index >= 15 is 0 Å². The number of rotatable bonds is 43. The quantitative estimate of drug-likeness (QED) is 0.0244. The van der Waals surface area contributed by atoms with Gasteiger partial charge in [-0.1, -0.05) is 197 Å². The second-order valence-corrected chi connectivity index (χ2v) is 18.9. The normalized spacial score (nSPS) is 14.8. The highest BCUT2D eigenvalue weighted by Crippen LogP contribution is 2.43. The monoisotopic (exact) mass is 850 g/mol. The van der Waals surface area contributed by atoms with Crippen LogP contribution >= 0.6 is 7.82 Å². The van der Waals surface area contributed by atoms with Crippen molar-refractivity contribution < 1.29 is 32.9 Å². The van der Waals surface area contributed by atoms with Crippen molar-refractivity contribution in [3.63, 3.8) is 0 Å². The topological polar surface area (TPSA) is 105 Å². The molecule has 0 rings (SSSR count).